The van der Waals surface area contributed by atoms with Crippen molar-refractivity contribution in [3.8, 4) is 16.6 Å². The second kappa shape index (κ2) is 9.91. The number of nitriles is 1. The number of aromatic nitrogens is 2. The van der Waals surface area contributed by atoms with Crippen molar-refractivity contribution in [3.63, 3.8) is 0 Å². The normalized spacial score (nSPS) is 13.1. The van der Waals surface area contributed by atoms with Gasteiger partial charge < -0.3 is 4.74 Å². The van der Waals surface area contributed by atoms with E-state index in [1.54, 1.807) is 43.3 Å². The van der Waals surface area contributed by atoms with E-state index in [9.17, 15) is 27.2 Å². The second-order valence-corrected chi connectivity index (χ2v) is 9.19. The molecular formula is C26H20F5N3OS. The summed E-state index contributed by atoms with van der Waals surface area (Å²) in [5, 5.41) is 11.2. The standard InChI is InChI=1S/C26H20F5N3OS/c1-3-25(27,28)14-35-22(20-10-8-16(12-32)18-6-4-5-7-19(18)20)23-15(2)34-24(36-23)17-9-11-21(33-13-17)26(29,30)31/h4-11,13,22H,3,14H2,1-2H3. The summed E-state index contributed by atoms with van der Waals surface area (Å²) in [6.45, 7) is 2.22. The van der Waals surface area contributed by atoms with Gasteiger partial charge in [-0.1, -0.05) is 37.3 Å². The first-order chi connectivity index (χ1) is 17.0. The minimum atomic E-state index is -4.57. The van der Waals surface area contributed by atoms with Crippen LogP contribution in [-0.2, 0) is 10.9 Å². The molecule has 0 fully saturated rings. The Bertz CT molecular complexity index is 1420. The van der Waals surface area contributed by atoms with Crippen LogP contribution in [0.25, 0.3) is 21.3 Å². The fourth-order valence-electron chi connectivity index (χ4n) is 3.73. The minimum Gasteiger partial charge on any atom is -0.362 e. The van der Waals surface area contributed by atoms with E-state index in [1.165, 1.54) is 13.0 Å². The zero-order valence-electron chi connectivity index (χ0n) is 19.2. The number of hydrogen-bond donors (Lipinski definition) is 0. The second-order valence-electron chi connectivity index (χ2n) is 8.16. The maximum atomic E-state index is 14.2. The number of pyridine rings is 1. The first kappa shape index (κ1) is 25.7. The predicted molar refractivity (Wildman–Crippen MR) is 127 cm³/mol. The molecule has 36 heavy (non-hydrogen) atoms. The number of hydrogen-bond acceptors (Lipinski definition) is 5. The lowest BCUT2D eigenvalue weighted by Crippen LogP contribution is -2.24. The Morgan fingerprint density at radius 2 is 1.75 bits per heavy atom. The van der Waals surface area contributed by atoms with E-state index in [0.717, 1.165) is 23.6 Å². The van der Waals surface area contributed by atoms with Crippen molar-refractivity contribution in [1.82, 2.24) is 9.97 Å². The van der Waals surface area contributed by atoms with E-state index in [4.69, 9.17) is 4.74 Å². The summed E-state index contributed by atoms with van der Waals surface area (Å²) in [6.07, 6.45) is -4.82. The maximum Gasteiger partial charge on any atom is 0.433 e. The largest absolute Gasteiger partial charge is 0.433 e. The minimum absolute atomic E-state index is 0.365. The van der Waals surface area contributed by atoms with Crippen LogP contribution in [0.1, 0.15) is 46.8 Å². The molecule has 1 atom stereocenters. The van der Waals surface area contributed by atoms with Crippen molar-refractivity contribution < 1.29 is 26.7 Å². The highest BCUT2D eigenvalue weighted by Gasteiger charge is 2.33. The smallest absolute Gasteiger partial charge is 0.362 e. The highest BCUT2D eigenvalue weighted by molar-refractivity contribution is 7.15. The van der Waals surface area contributed by atoms with E-state index >= 15 is 0 Å². The molecule has 4 nitrogen and oxygen atoms in total. The van der Waals surface area contributed by atoms with E-state index < -0.39 is 36.9 Å². The zero-order chi connectivity index (χ0) is 26.1. The van der Waals surface area contributed by atoms with Gasteiger partial charge in [0.05, 0.1) is 22.2 Å². The van der Waals surface area contributed by atoms with E-state index in [-0.39, 0.29) is 0 Å². The van der Waals surface area contributed by atoms with Gasteiger partial charge in [-0.05, 0) is 41.5 Å². The Labute approximate surface area is 208 Å². The Morgan fingerprint density at radius 3 is 2.36 bits per heavy atom. The third kappa shape index (κ3) is 5.22. The van der Waals surface area contributed by atoms with Crippen molar-refractivity contribution in [2.75, 3.05) is 6.61 Å². The van der Waals surface area contributed by atoms with Crippen molar-refractivity contribution in [3.05, 3.63) is 82.1 Å². The molecule has 0 amide bonds. The molecular weight excluding hydrogens is 497 g/mol. The fourth-order valence-corrected chi connectivity index (χ4v) is 4.85. The number of fused-ring (bicyclic) bond motifs is 1. The number of benzene rings is 2. The quantitative estimate of drug-likeness (QED) is 0.236. The molecule has 2 heterocycles. The van der Waals surface area contributed by atoms with E-state index in [1.807, 2.05) is 0 Å². The molecule has 2 aromatic heterocycles. The van der Waals surface area contributed by atoms with E-state index in [0.29, 0.717) is 43.0 Å². The van der Waals surface area contributed by atoms with Gasteiger partial charge in [0.25, 0.3) is 5.92 Å². The molecule has 4 rings (SSSR count). The molecule has 0 aliphatic carbocycles. The number of ether oxygens (including phenoxy) is 1. The maximum absolute atomic E-state index is 14.2. The van der Waals surface area contributed by atoms with Gasteiger partial charge in [-0.2, -0.15) is 18.4 Å². The highest BCUT2D eigenvalue weighted by atomic mass is 32.1. The number of rotatable bonds is 7. The predicted octanol–water partition coefficient (Wildman–Crippen LogP) is 7.71. The molecule has 0 saturated carbocycles. The van der Waals surface area contributed by atoms with Crippen molar-refractivity contribution >= 4 is 22.1 Å². The molecule has 0 saturated heterocycles. The summed E-state index contributed by atoms with van der Waals surface area (Å²) in [4.78, 5) is 8.50. The Balaban J connectivity index is 1.81. The molecule has 186 valence electrons. The summed E-state index contributed by atoms with van der Waals surface area (Å²) >= 11 is 1.14. The van der Waals surface area contributed by atoms with Crippen LogP contribution in [0, 0.1) is 18.3 Å². The third-order valence-electron chi connectivity index (χ3n) is 5.71. The van der Waals surface area contributed by atoms with Crippen molar-refractivity contribution in [1.29, 1.82) is 5.26 Å². The van der Waals surface area contributed by atoms with Crippen LogP contribution < -0.4 is 0 Å². The molecule has 0 N–H and O–H groups in total. The van der Waals surface area contributed by atoms with Crippen LogP contribution in [0.2, 0.25) is 0 Å². The molecule has 0 radical (unpaired) electrons. The van der Waals surface area contributed by atoms with Gasteiger partial charge in [-0.15, -0.1) is 11.3 Å². The van der Waals surface area contributed by atoms with Crippen LogP contribution in [0.4, 0.5) is 22.0 Å². The Hall–Kier alpha value is -3.42. The number of alkyl halides is 5. The molecule has 1 unspecified atom stereocenters. The lowest BCUT2D eigenvalue weighted by Gasteiger charge is -2.23. The van der Waals surface area contributed by atoms with Crippen molar-refractivity contribution in [2.45, 2.75) is 38.5 Å². The van der Waals surface area contributed by atoms with E-state index in [2.05, 4.69) is 16.0 Å². The van der Waals surface area contributed by atoms with Gasteiger partial charge in [-0.3, -0.25) is 4.98 Å². The van der Waals surface area contributed by atoms with Gasteiger partial charge in [0.2, 0.25) is 0 Å². The fraction of sp³-hybridized carbons (Fsp3) is 0.269. The third-order valence-corrected chi connectivity index (χ3v) is 6.96. The summed E-state index contributed by atoms with van der Waals surface area (Å²) in [6, 6.07) is 14.7. The lowest BCUT2D eigenvalue weighted by molar-refractivity contribution is -0.141. The topological polar surface area (TPSA) is 58.8 Å². The summed E-state index contributed by atoms with van der Waals surface area (Å²) in [5.41, 5.74) is 0.856. The van der Waals surface area contributed by atoms with Crippen LogP contribution in [0.5, 0.6) is 0 Å². The number of thiazole rings is 1. The van der Waals surface area contributed by atoms with Crippen LogP contribution >= 0.6 is 11.3 Å². The molecule has 10 heteroatoms. The molecule has 0 spiro atoms. The molecule has 2 aromatic carbocycles. The number of halogens is 5. The van der Waals surface area contributed by atoms with Crippen LogP contribution in [0.15, 0.2) is 54.7 Å². The molecule has 0 bridgehead atoms. The Kier molecular flexibility index (Phi) is 7.07. The van der Waals surface area contributed by atoms with Gasteiger partial charge in [0.1, 0.15) is 23.4 Å². The molecule has 0 aliphatic rings. The van der Waals surface area contributed by atoms with Crippen LogP contribution in [-0.4, -0.2) is 22.5 Å². The van der Waals surface area contributed by atoms with Crippen LogP contribution in [0.3, 0.4) is 0 Å². The first-order valence-electron chi connectivity index (χ1n) is 11.0. The molecule has 4 aromatic rings. The molecule has 0 aliphatic heterocycles. The van der Waals surface area contributed by atoms with Gasteiger partial charge >= 0.3 is 6.18 Å². The SMILES string of the molecule is CCC(F)(F)COC(c1sc(-c2ccc(C(F)(F)F)nc2)nc1C)c1ccc(C#N)c2ccccc12. The zero-order valence-corrected chi connectivity index (χ0v) is 20.1. The summed E-state index contributed by atoms with van der Waals surface area (Å²) in [7, 11) is 0. The number of nitrogens with zero attached hydrogens (tertiary/aromatic N) is 3. The van der Waals surface area contributed by atoms with Gasteiger partial charge in [0, 0.05) is 18.2 Å². The first-order valence-corrected chi connectivity index (χ1v) is 11.8. The monoisotopic (exact) mass is 517 g/mol. The number of aryl methyl sites for hydroxylation is 1. The summed E-state index contributed by atoms with van der Waals surface area (Å²) < 4.78 is 72.9. The van der Waals surface area contributed by atoms with Gasteiger partial charge in [-0.25, -0.2) is 13.8 Å². The summed E-state index contributed by atoms with van der Waals surface area (Å²) in [5.74, 6) is -3.06. The average molecular weight is 518 g/mol. The Morgan fingerprint density at radius 1 is 1.03 bits per heavy atom. The van der Waals surface area contributed by atoms with Gasteiger partial charge in [0.15, 0.2) is 0 Å². The lowest BCUT2D eigenvalue weighted by atomic mass is 9.95. The average Bonchev–Trinajstić information content (AvgIpc) is 3.25. The van der Waals surface area contributed by atoms with Crippen molar-refractivity contribution in [2.24, 2.45) is 0 Å². The highest BCUT2D eigenvalue weighted by Crippen LogP contribution is 2.41.